The molecular weight excluding hydrogens is 751 g/mol. The standard InChI is InChI=1S/C47H53N3O7S/c1-33-14-24-42(25-15-33)58(53,54)49-44(27-34-9-4-3-5-10-34)46(52)48-29-39-11-6-7-13-43(39)36-20-22-38(23-21-36)47-56-41(30-50-26-8-12-40(50)32-55-2)28-45(57-47)37-18-16-35(31-51)17-19-37/h3-7,9-11,13-25,40-41,44-45,47,49,51H,8,12,26-32H2,1-2H3,(H,48,52)/t40-,41-,44+,45+,47+/m0/s1. The number of nitrogens with zero attached hydrogens (tertiary/aromatic N) is 1. The monoisotopic (exact) mass is 803 g/mol. The first-order valence-corrected chi connectivity index (χ1v) is 21.5. The van der Waals surface area contributed by atoms with Crippen LogP contribution < -0.4 is 10.0 Å². The molecular formula is C47H53N3O7S. The van der Waals surface area contributed by atoms with Crippen molar-refractivity contribution in [2.24, 2.45) is 0 Å². The van der Waals surface area contributed by atoms with E-state index in [0.29, 0.717) is 19.1 Å². The van der Waals surface area contributed by atoms with Gasteiger partial charge in [-0.15, -0.1) is 0 Å². The number of carbonyl (C=O) groups excluding carboxylic acids is 1. The molecule has 0 radical (unpaired) electrons. The highest BCUT2D eigenvalue weighted by atomic mass is 32.2. The van der Waals surface area contributed by atoms with Crippen LogP contribution in [0.5, 0.6) is 0 Å². The number of carbonyl (C=O) groups is 1. The zero-order chi connectivity index (χ0) is 40.5. The van der Waals surface area contributed by atoms with E-state index in [1.165, 1.54) is 0 Å². The maximum Gasteiger partial charge on any atom is 0.241 e. The Bertz CT molecular complexity index is 2200. The number of likely N-dealkylation sites (tertiary alicyclic amines) is 1. The molecule has 5 aromatic rings. The topological polar surface area (TPSA) is 126 Å². The van der Waals surface area contributed by atoms with Crippen LogP contribution in [0.4, 0.5) is 0 Å². The predicted octanol–water partition coefficient (Wildman–Crippen LogP) is 7.02. The minimum absolute atomic E-state index is 0.0112. The summed E-state index contributed by atoms with van der Waals surface area (Å²) in [6.45, 7) is 4.58. The lowest BCUT2D eigenvalue weighted by Gasteiger charge is -2.38. The second kappa shape index (κ2) is 19.4. The second-order valence-electron chi connectivity index (χ2n) is 15.3. The van der Waals surface area contributed by atoms with Crippen molar-refractivity contribution >= 4 is 15.9 Å². The molecule has 58 heavy (non-hydrogen) atoms. The van der Waals surface area contributed by atoms with Crippen LogP contribution in [0.3, 0.4) is 0 Å². The number of hydrogen-bond acceptors (Lipinski definition) is 8. The van der Waals surface area contributed by atoms with Crippen LogP contribution in [0.2, 0.25) is 0 Å². The lowest BCUT2D eigenvalue weighted by molar-refractivity contribution is -0.253. The van der Waals surface area contributed by atoms with Gasteiger partial charge in [-0.05, 0) is 78.2 Å². The molecule has 11 heteroatoms. The van der Waals surface area contributed by atoms with Crippen molar-refractivity contribution in [1.29, 1.82) is 0 Å². The Kier molecular flexibility index (Phi) is 13.8. The third-order valence-electron chi connectivity index (χ3n) is 11.1. The number of sulfonamides is 1. The van der Waals surface area contributed by atoms with E-state index >= 15 is 0 Å². The Balaban J connectivity index is 1.07. The highest BCUT2D eigenvalue weighted by Gasteiger charge is 2.35. The van der Waals surface area contributed by atoms with Crippen molar-refractivity contribution in [2.75, 3.05) is 26.8 Å². The number of methoxy groups -OCH3 is 1. The normalized spacial score (nSPS) is 20.5. The average molecular weight is 804 g/mol. The molecule has 2 fully saturated rings. The Labute approximate surface area is 342 Å². The SMILES string of the molecule is COC[C@@H]1CCCN1C[C@@H]1C[C@H](c2ccc(CO)cc2)O[C@H](c2ccc(-c3ccccc3CNC(=O)[C@@H](Cc3ccccc3)NS(=O)(=O)c3ccc(C)cc3)cc2)O1. The third kappa shape index (κ3) is 10.5. The first-order chi connectivity index (χ1) is 28.2. The Morgan fingerprint density at radius 3 is 2.29 bits per heavy atom. The molecule has 0 unspecified atom stereocenters. The van der Waals surface area contributed by atoms with E-state index in [4.69, 9.17) is 14.2 Å². The maximum absolute atomic E-state index is 13.8. The van der Waals surface area contributed by atoms with E-state index in [2.05, 4.69) is 14.9 Å². The van der Waals surface area contributed by atoms with Crippen molar-refractivity contribution < 1.29 is 32.5 Å². The van der Waals surface area contributed by atoms with Gasteiger partial charge in [0.1, 0.15) is 6.04 Å². The first kappa shape index (κ1) is 41.4. The number of aryl methyl sites for hydroxylation is 1. The summed E-state index contributed by atoms with van der Waals surface area (Å²) < 4.78 is 48.4. The number of aliphatic hydroxyl groups excluding tert-OH is 1. The second-order valence-corrected chi connectivity index (χ2v) is 17.0. The van der Waals surface area contributed by atoms with Crippen molar-refractivity contribution in [1.82, 2.24) is 14.9 Å². The van der Waals surface area contributed by atoms with Gasteiger partial charge >= 0.3 is 0 Å². The van der Waals surface area contributed by atoms with Crippen LogP contribution >= 0.6 is 0 Å². The zero-order valence-corrected chi connectivity index (χ0v) is 33.9. The molecule has 7 rings (SSSR count). The van der Waals surface area contributed by atoms with Crippen LogP contribution in [-0.4, -0.2) is 69.3 Å². The van der Waals surface area contributed by atoms with Crippen LogP contribution in [0, 0.1) is 6.92 Å². The molecule has 1 amide bonds. The molecule has 304 valence electrons. The highest BCUT2D eigenvalue weighted by Crippen LogP contribution is 2.39. The van der Waals surface area contributed by atoms with Gasteiger partial charge < -0.3 is 24.6 Å². The fourth-order valence-corrected chi connectivity index (χ4v) is 9.10. The molecule has 3 N–H and O–H groups in total. The summed E-state index contributed by atoms with van der Waals surface area (Å²) in [5, 5.41) is 12.6. The van der Waals surface area contributed by atoms with Gasteiger partial charge in [0.15, 0.2) is 6.29 Å². The molecule has 0 bridgehead atoms. The summed E-state index contributed by atoms with van der Waals surface area (Å²) in [6.07, 6.45) is 2.32. The van der Waals surface area contributed by atoms with Crippen molar-refractivity contribution in [3.8, 4) is 11.1 Å². The summed E-state index contributed by atoms with van der Waals surface area (Å²) in [7, 11) is -2.22. The largest absolute Gasteiger partial charge is 0.392 e. The van der Waals surface area contributed by atoms with E-state index in [9.17, 15) is 18.3 Å². The number of benzene rings is 5. The summed E-state index contributed by atoms with van der Waals surface area (Å²) in [5.74, 6) is -0.422. The average Bonchev–Trinajstić information content (AvgIpc) is 3.69. The summed E-state index contributed by atoms with van der Waals surface area (Å²) >= 11 is 0. The van der Waals surface area contributed by atoms with Crippen molar-refractivity contribution in [3.63, 3.8) is 0 Å². The van der Waals surface area contributed by atoms with Gasteiger partial charge in [0.2, 0.25) is 15.9 Å². The summed E-state index contributed by atoms with van der Waals surface area (Å²) in [4.78, 5) is 16.4. The van der Waals surface area contributed by atoms with Gasteiger partial charge in [0, 0.05) is 38.2 Å². The minimum Gasteiger partial charge on any atom is -0.392 e. The molecule has 5 aromatic carbocycles. The van der Waals surface area contributed by atoms with E-state index in [1.54, 1.807) is 31.4 Å². The van der Waals surface area contributed by atoms with Gasteiger partial charge in [-0.25, -0.2) is 8.42 Å². The molecule has 2 aliphatic heterocycles. The molecule has 0 aromatic heterocycles. The lowest BCUT2D eigenvalue weighted by atomic mass is 9.97. The van der Waals surface area contributed by atoms with E-state index in [-0.39, 0.29) is 36.7 Å². The van der Waals surface area contributed by atoms with Gasteiger partial charge in [-0.2, -0.15) is 4.72 Å². The molecule has 10 nitrogen and oxygen atoms in total. The van der Waals surface area contributed by atoms with Crippen LogP contribution in [0.15, 0.2) is 132 Å². The Hall–Kier alpha value is -4.72. The van der Waals surface area contributed by atoms with Crippen molar-refractivity contribution in [2.45, 2.75) is 81.2 Å². The zero-order valence-electron chi connectivity index (χ0n) is 33.1. The number of ether oxygens (including phenoxy) is 3. The molecule has 5 atom stereocenters. The molecule has 2 aliphatic rings. The molecule has 0 saturated carbocycles. The van der Waals surface area contributed by atoms with E-state index < -0.39 is 28.3 Å². The van der Waals surface area contributed by atoms with Gasteiger partial charge in [0.25, 0.3) is 0 Å². The molecule has 2 heterocycles. The Morgan fingerprint density at radius 2 is 1.57 bits per heavy atom. The van der Waals surface area contributed by atoms with Crippen molar-refractivity contribution in [3.05, 3.63) is 161 Å². The lowest BCUT2D eigenvalue weighted by Crippen LogP contribution is -2.47. The number of hydrogen-bond donors (Lipinski definition) is 3. The fourth-order valence-electron chi connectivity index (χ4n) is 7.90. The van der Waals surface area contributed by atoms with E-state index in [0.717, 1.165) is 70.4 Å². The van der Waals surface area contributed by atoms with Crippen LogP contribution in [0.25, 0.3) is 11.1 Å². The van der Waals surface area contributed by atoms with Gasteiger partial charge in [0.05, 0.1) is 30.3 Å². The third-order valence-corrected chi connectivity index (χ3v) is 12.6. The van der Waals surface area contributed by atoms with E-state index in [1.807, 2.05) is 110 Å². The number of rotatable bonds is 16. The quantitative estimate of drug-likeness (QED) is 0.0973. The molecule has 0 aliphatic carbocycles. The summed E-state index contributed by atoms with van der Waals surface area (Å²) in [5.41, 5.74) is 7.36. The van der Waals surface area contributed by atoms with Crippen LogP contribution in [-0.2, 0) is 48.6 Å². The van der Waals surface area contributed by atoms with Gasteiger partial charge in [-0.3, -0.25) is 9.69 Å². The fraction of sp³-hybridized carbons (Fsp3) is 0.340. The van der Waals surface area contributed by atoms with Crippen LogP contribution in [0.1, 0.15) is 65.0 Å². The maximum atomic E-state index is 13.8. The first-order valence-electron chi connectivity index (χ1n) is 20.0. The minimum atomic E-state index is -3.97. The summed E-state index contributed by atoms with van der Waals surface area (Å²) in [6, 6.07) is 39.2. The number of aliphatic hydroxyl groups is 1. The number of nitrogens with one attached hydrogen (secondary N) is 2. The van der Waals surface area contributed by atoms with Gasteiger partial charge in [-0.1, -0.05) is 121 Å². The highest BCUT2D eigenvalue weighted by molar-refractivity contribution is 7.89. The molecule has 0 spiro atoms. The Morgan fingerprint density at radius 1 is 0.862 bits per heavy atom. The molecule has 2 saturated heterocycles. The number of amides is 1. The smallest absolute Gasteiger partial charge is 0.241 e. The predicted molar refractivity (Wildman–Crippen MR) is 224 cm³/mol.